The Morgan fingerprint density at radius 1 is 1.15 bits per heavy atom. The second kappa shape index (κ2) is 12.0. The Morgan fingerprint density at radius 2 is 1.90 bits per heavy atom. The van der Waals surface area contributed by atoms with Crippen molar-refractivity contribution in [3.63, 3.8) is 0 Å². The summed E-state index contributed by atoms with van der Waals surface area (Å²) in [6, 6.07) is 16.8. The largest absolute Gasteiger partial charge is 0.463 e. The molecule has 212 valence electrons. The summed E-state index contributed by atoms with van der Waals surface area (Å²) in [6.45, 7) is 10.3. The second-order valence-electron chi connectivity index (χ2n) is 10.4. The van der Waals surface area contributed by atoms with Crippen molar-refractivity contribution in [2.24, 2.45) is 4.99 Å². The fourth-order valence-electron chi connectivity index (χ4n) is 5.06. The van der Waals surface area contributed by atoms with Crippen LogP contribution in [0.25, 0.3) is 17.4 Å². The van der Waals surface area contributed by atoms with Gasteiger partial charge < -0.3 is 9.15 Å². The summed E-state index contributed by atoms with van der Waals surface area (Å²) in [5.41, 5.74) is 4.79. The van der Waals surface area contributed by atoms with E-state index in [1.807, 2.05) is 56.3 Å². The molecule has 1 aliphatic heterocycles. The minimum absolute atomic E-state index is 0.234. The molecule has 4 aromatic rings. The Kier molecular flexibility index (Phi) is 8.47. The van der Waals surface area contributed by atoms with E-state index in [0.717, 1.165) is 23.1 Å². The number of benzene rings is 2. The quantitative estimate of drug-likeness (QED) is 0.209. The van der Waals surface area contributed by atoms with Gasteiger partial charge in [-0.25, -0.2) is 9.79 Å². The fourth-order valence-corrected chi connectivity index (χ4v) is 6.24. The predicted molar refractivity (Wildman–Crippen MR) is 164 cm³/mol. The summed E-state index contributed by atoms with van der Waals surface area (Å²) in [5.74, 6) is 1.12. The number of rotatable bonds is 8. The van der Waals surface area contributed by atoms with E-state index in [9.17, 15) is 9.59 Å². The van der Waals surface area contributed by atoms with Gasteiger partial charge in [0.15, 0.2) is 4.80 Å². The van der Waals surface area contributed by atoms with Gasteiger partial charge in [-0.1, -0.05) is 80.5 Å². The van der Waals surface area contributed by atoms with Crippen LogP contribution in [0.1, 0.15) is 74.9 Å². The van der Waals surface area contributed by atoms with Crippen molar-refractivity contribution in [3.8, 4) is 11.3 Å². The third kappa shape index (κ3) is 5.74. The molecule has 0 bridgehead atoms. The molecule has 1 unspecified atom stereocenters. The number of hydrogen-bond donors (Lipinski definition) is 0. The zero-order valence-electron chi connectivity index (χ0n) is 23.9. The van der Waals surface area contributed by atoms with E-state index in [4.69, 9.17) is 25.7 Å². The maximum absolute atomic E-state index is 14.0. The number of esters is 1. The van der Waals surface area contributed by atoms with Crippen LogP contribution < -0.4 is 14.9 Å². The van der Waals surface area contributed by atoms with E-state index in [1.54, 1.807) is 17.6 Å². The van der Waals surface area contributed by atoms with Crippen molar-refractivity contribution >= 4 is 35.0 Å². The minimum atomic E-state index is -0.642. The molecule has 0 spiro atoms. The lowest BCUT2D eigenvalue weighted by Gasteiger charge is -2.26. The van der Waals surface area contributed by atoms with Gasteiger partial charge in [-0.15, -0.1) is 0 Å². The smallest absolute Gasteiger partial charge is 0.338 e. The van der Waals surface area contributed by atoms with E-state index in [0.29, 0.717) is 49.5 Å². The van der Waals surface area contributed by atoms with Crippen molar-refractivity contribution in [2.75, 3.05) is 6.61 Å². The van der Waals surface area contributed by atoms with Crippen LogP contribution in [0, 0.1) is 6.92 Å². The van der Waals surface area contributed by atoms with Crippen LogP contribution in [0.2, 0.25) is 5.02 Å². The lowest BCUT2D eigenvalue weighted by molar-refractivity contribution is -0.139. The number of allylic oxidation sites excluding steroid dienone is 1. The Balaban J connectivity index is 1.67. The average Bonchev–Trinajstić information content (AvgIpc) is 3.54. The van der Waals surface area contributed by atoms with Gasteiger partial charge in [-0.2, -0.15) is 0 Å². The van der Waals surface area contributed by atoms with Gasteiger partial charge in [0.1, 0.15) is 11.5 Å². The van der Waals surface area contributed by atoms with Gasteiger partial charge in [-0.05, 0) is 67.1 Å². The summed E-state index contributed by atoms with van der Waals surface area (Å²) in [6.07, 6.45) is 3.13. The van der Waals surface area contributed by atoms with Gasteiger partial charge in [0.2, 0.25) is 0 Å². The molecule has 41 heavy (non-hydrogen) atoms. The molecule has 6 nitrogen and oxygen atoms in total. The molecule has 0 saturated carbocycles. The average molecular weight is 589 g/mol. The molecule has 0 amide bonds. The van der Waals surface area contributed by atoms with E-state index in [-0.39, 0.29) is 12.2 Å². The van der Waals surface area contributed by atoms with Crippen molar-refractivity contribution in [2.45, 2.75) is 59.4 Å². The van der Waals surface area contributed by atoms with Crippen LogP contribution in [0.3, 0.4) is 0 Å². The van der Waals surface area contributed by atoms with Crippen LogP contribution in [0.15, 0.2) is 80.1 Å². The van der Waals surface area contributed by atoms with Crippen molar-refractivity contribution < 1.29 is 13.9 Å². The van der Waals surface area contributed by atoms with Crippen LogP contribution in [0.4, 0.5) is 0 Å². The molecule has 2 aromatic carbocycles. The van der Waals surface area contributed by atoms with E-state index >= 15 is 0 Å². The van der Waals surface area contributed by atoms with Crippen LogP contribution in [0.5, 0.6) is 0 Å². The first-order valence-electron chi connectivity index (χ1n) is 13.9. The lowest BCUT2D eigenvalue weighted by Crippen LogP contribution is -2.40. The van der Waals surface area contributed by atoms with Crippen molar-refractivity contribution in [1.82, 2.24) is 4.57 Å². The molecule has 0 saturated heterocycles. The van der Waals surface area contributed by atoms with Crippen molar-refractivity contribution in [3.05, 3.63) is 113 Å². The summed E-state index contributed by atoms with van der Waals surface area (Å²) in [7, 11) is 0. The molecule has 3 heterocycles. The van der Waals surface area contributed by atoms with Gasteiger partial charge in [0, 0.05) is 16.7 Å². The summed E-state index contributed by atoms with van der Waals surface area (Å²) >= 11 is 7.51. The summed E-state index contributed by atoms with van der Waals surface area (Å²) in [4.78, 5) is 32.7. The van der Waals surface area contributed by atoms with Gasteiger partial charge >= 0.3 is 5.97 Å². The number of aromatic nitrogens is 1. The third-order valence-corrected chi connectivity index (χ3v) is 8.39. The number of carbonyl (C=O) groups is 1. The van der Waals surface area contributed by atoms with Gasteiger partial charge in [0.05, 0.1) is 28.5 Å². The minimum Gasteiger partial charge on any atom is -0.463 e. The number of ether oxygens (including phenoxy) is 1. The van der Waals surface area contributed by atoms with E-state index in [1.165, 1.54) is 16.9 Å². The highest BCUT2D eigenvalue weighted by Crippen LogP contribution is 2.33. The monoisotopic (exact) mass is 588 g/mol. The molecule has 2 aromatic heterocycles. The van der Waals surface area contributed by atoms with Gasteiger partial charge in [-0.3, -0.25) is 9.36 Å². The molecule has 1 atom stereocenters. The molecule has 0 fully saturated rings. The first-order valence-corrected chi connectivity index (χ1v) is 15.1. The molecule has 0 N–H and O–H groups in total. The topological polar surface area (TPSA) is 73.8 Å². The normalized spacial score (nSPS) is 15.3. The highest BCUT2D eigenvalue weighted by Gasteiger charge is 2.34. The molecule has 0 aliphatic carbocycles. The highest BCUT2D eigenvalue weighted by molar-refractivity contribution is 7.07. The summed E-state index contributed by atoms with van der Waals surface area (Å²) in [5, 5.41) is 0.624. The molecular weight excluding hydrogens is 556 g/mol. The lowest BCUT2D eigenvalue weighted by atomic mass is 9.92. The Hall–Kier alpha value is -3.68. The second-order valence-corrected chi connectivity index (χ2v) is 11.8. The zero-order chi connectivity index (χ0) is 29.3. The number of hydrogen-bond acceptors (Lipinski definition) is 6. The number of carbonyl (C=O) groups excluding carboxylic acids is 1. The maximum Gasteiger partial charge on any atom is 0.338 e. The van der Waals surface area contributed by atoms with E-state index in [2.05, 4.69) is 26.0 Å². The zero-order valence-corrected chi connectivity index (χ0v) is 25.4. The predicted octanol–water partition coefficient (Wildman–Crippen LogP) is 6.92. The Labute approximate surface area is 248 Å². The van der Waals surface area contributed by atoms with Crippen LogP contribution in [-0.4, -0.2) is 17.1 Å². The fraction of sp³-hybridized carbons (Fsp3) is 0.303. The molecule has 0 radical (unpaired) electrons. The number of thiazole rings is 1. The van der Waals surface area contributed by atoms with Gasteiger partial charge in [0.25, 0.3) is 5.56 Å². The number of fused-ring (bicyclic) bond motifs is 1. The van der Waals surface area contributed by atoms with Crippen molar-refractivity contribution in [1.29, 1.82) is 0 Å². The number of nitrogens with zero attached hydrogens (tertiary/aromatic N) is 2. The molecule has 1 aliphatic rings. The molecular formula is C33H33ClN2O4S. The number of aryl methyl sites for hydroxylation is 1. The summed E-state index contributed by atoms with van der Waals surface area (Å²) < 4.78 is 13.7. The Bertz CT molecular complexity index is 1810. The first kappa shape index (κ1) is 28.8. The third-order valence-electron chi connectivity index (χ3n) is 7.18. The molecule has 5 rings (SSSR count). The standard InChI is InChI=1S/C33H33ClN2O4S/c1-6-8-26-29(32(38)39-7-2)30(22-12-10-21(11-13-22)19(3)4)36-31(37)28(41-33(36)35-26)18-24-15-16-27(40-24)25-17-23(34)14-9-20(25)5/h9-19,30H,6-8H2,1-5H3/b28-18-. The number of halogens is 1. The molecule has 8 heteroatoms. The highest BCUT2D eigenvalue weighted by atomic mass is 35.5. The first-order chi connectivity index (χ1) is 19.7. The van der Waals surface area contributed by atoms with E-state index < -0.39 is 12.0 Å². The number of furan rings is 1. The van der Waals surface area contributed by atoms with Crippen LogP contribution >= 0.6 is 22.9 Å². The van der Waals surface area contributed by atoms with Crippen LogP contribution in [-0.2, 0) is 9.53 Å². The maximum atomic E-state index is 14.0. The SMILES string of the molecule is CCCC1=C(C(=O)OCC)C(c2ccc(C(C)C)cc2)n2c(s/c(=C\c3ccc(-c4cc(Cl)ccc4C)o3)c2=O)=N1. The Morgan fingerprint density at radius 3 is 2.59 bits per heavy atom.